The summed E-state index contributed by atoms with van der Waals surface area (Å²) < 4.78 is 11.1. The van der Waals surface area contributed by atoms with E-state index in [0.717, 1.165) is 58.8 Å². The summed E-state index contributed by atoms with van der Waals surface area (Å²) >= 11 is 0. The summed E-state index contributed by atoms with van der Waals surface area (Å²) in [7, 11) is 0. The Labute approximate surface area is 165 Å². The quantitative estimate of drug-likeness (QED) is 0.741. The van der Waals surface area contributed by atoms with Crippen molar-refractivity contribution in [3.05, 3.63) is 29.8 Å². The second-order valence-electron chi connectivity index (χ2n) is 7.89. The number of rotatable bonds is 7. The Morgan fingerprint density at radius 2 is 1.93 bits per heavy atom. The van der Waals surface area contributed by atoms with Crippen molar-refractivity contribution in [1.29, 1.82) is 0 Å². The Balaban J connectivity index is 1.36. The van der Waals surface area contributed by atoms with Crippen LogP contribution in [-0.2, 0) is 14.3 Å². The first-order valence-electron chi connectivity index (χ1n) is 10.3. The van der Waals surface area contributed by atoms with Crippen LogP contribution in [0.2, 0.25) is 0 Å². The van der Waals surface area contributed by atoms with Crippen LogP contribution in [0.15, 0.2) is 24.3 Å². The lowest BCUT2D eigenvalue weighted by molar-refractivity contribution is -0.117. The third-order valence-electron chi connectivity index (χ3n) is 5.84. The van der Waals surface area contributed by atoms with Crippen LogP contribution in [0.1, 0.15) is 29.6 Å². The maximum Gasteiger partial charge on any atom is 0.251 e. The third kappa shape index (κ3) is 4.90. The van der Waals surface area contributed by atoms with E-state index in [0.29, 0.717) is 23.7 Å². The van der Waals surface area contributed by atoms with E-state index < -0.39 is 0 Å². The number of ether oxygens (including phenoxy) is 2. The van der Waals surface area contributed by atoms with Gasteiger partial charge in [-0.3, -0.25) is 14.5 Å². The van der Waals surface area contributed by atoms with Gasteiger partial charge in [-0.05, 0) is 37.5 Å². The molecule has 2 amide bonds. The lowest BCUT2D eigenvalue weighted by Crippen LogP contribution is -2.52. The molecule has 1 saturated carbocycles. The summed E-state index contributed by atoms with van der Waals surface area (Å²) in [5.74, 6) is 0.508. The number of morpholine rings is 1. The number of nitrogens with one attached hydrogen (secondary N) is 2. The second-order valence-corrected chi connectivity index (χ2v) is 7.89. The smallest absolute Gasteiger partial charge is 0.251 e. The summed E-state index contributed by atoms with van der Waals surface area (Å²) in [6.45, 7) is 5.38. The largest absolute Gasteiger partial charge is 0.381 e. The minimum absolute atomic E-state index is 0.0474. The summed E-state index contributed by atoms with van der Waals surface area (Å²) in [5.41, 5.74) is 1.25. The average Bonchev–Trinajstić information content (AvgIpc) is 3.45. The van der Waals surface area contributed by atoms with E-state index in [2.05, 4.69) is 15.5 Å². The molecule has 2 N–H and O–H groups in total. The maximum absolute atomic E-state index is 12.7. The predicted molar refractivity (Wildman–Crippen MR) is 105 cm³/mol. The van der Waals surface area contributed by atoms with E-state index >= 15 is 0 Å². The van der Waals surface area contributed by atoms with Crippen molar-refractivity contribution in [1.82, 2.24) is 10.2 Å². The highest BCUT2D eigenvalue weighted by Crippen LogP contribution is 2.30. The van der Waals surface area contributed by atoms with Crippen molar-refractivity contribution in [3.8, 4) is 0 Å². The van der Waals surface area contributed by atoms with Crippen molar-refractivity contribution in [2.75, 3.05) is 51.4 Å². The van der Waals surface area contributed by atoms with Crippen molar-refractivity contribution in [2.45, 2.75) is 25.3 Å². The predicted octanol–water partition coefficient (Wildman–Crippen LogP) is 1.50. The molecule has 3 fully saturated rings. The zero-order valence-electron chi connectivity index (χ0n) is 16.2. The van der Waals surface area contributed by atoms with E-state index in [1.165, 1.54) is 0 Å². The van der Waals surface area contributed by atoms with Gasteiger partial charge in [-0.2, -0.15) is 0 Å². The van der Waals surface area contributed by atoms with Gasteiger partial charge in [0.15, 0.2) is 0 Å². The van der Waals surface area contributed by atoms with Gasteiger partial charge in [-0.25, -0.2) is 0 Å². The Morgan fingerprint density at radius 3 is 2.64 bits per heavy atom. The fourth-order valence-corrected chi connectivity index (χ4v) is 3.99. The molecule has 2 heterocycles. The number of carbonyl (C=O) groups is 2. The molecular formula is C21H29N3O4. The van der Waals surface area contributed by atoms with Gasteiger partial charge in [-0.15, -0.1) is 0 Å². The van der Waals surface area contributed by atoms with Crippen LogP contribution in [0.3, 0.4) is 0 Å². The highest BCUT2D eigenvalue weighted by atomic mass is 16.5. The van der Waals surface area contributed by atoms with E-state index in [1.54, 1.807) is 12.1 Å². The van der Waals surface area contributed by atoms with Crippen LogP contribution in [0.5, 0.6) is 0 Å². The summed E-state index contributed by atoms with van der Waals surface area (Å²) in [4.78, 5) is 27.1. The molecule has 1 aromatic carbocycles. The number of hydrogen-bond donors (Lipinski definition) is 2. The normalized spacial score (nSPS) is 23.9. The van der Waals surface area contributed by atoms with Gasteiger partial charge in [0.2, 0.25) is 5.91 Å². The van der Waals surface area contributed by atoms with Gasteiger partial charge in [0, 0.05) is 55.4 Å². The minimum Gasteiger partial charge on any atom is -0.381 e. The van der Waals surface area contributed by atoms with E-state index in [9.17, 15) is 9.59 Å². The molecule has 2 aliphatic heterocycles. The molecule has 4 rings (SSSR count). The van der Waals surface area contributed by atoms with Crippen molar-refractivity contribution in [3.63, 3.8) is 0 Å². The van der Waals surface area contributed by atoms with E-state index in [-0.39, 0.29) is 23.8 Å². The fraction of sp³-hybridized carbons (Fsp3) is 0.619. The lowest BCUT2D eigenvalue weighted by Gasteiger charge is -2.37. The SMILES string of the molecule is O=C(NCC(C1CCOC1)N1CCOCC1)c1cccc(NC(=O)C2CC2)c1. The van der Waals surface area contributed by atoms with Gasteiger partial charge in [-0.1, -0.05) is 6.07 Å². The molecule has 2 atom stereocenters. The second kappa shape index (κ2) is 9.03. The number of amides is 2. The molecule has 1 aliphatic carbocycles. The highest BCUT2D eigenvalue weighted by Gasteiger charge is 2.32. The first-order valence-corrected chi connectivity index (χ1v) is 10.3. The maximum atomic E-state index is 12.7. The standard InChI is InChI=1S/C21H29N3O4/c25-20(16-2-1-3-18(12-16)23-21(26)15-4-5-15)22-13-19(17-6-9-28-14-17)24-7-10-27-11-8-24/h1-3,12,15,17,19H,4-11,13-14H2,(H,22,25)(H,23,26). The van der Waals surface area contributed by atoms with Crippen molar-refractivity contribution >= 4 is 17.5 Å². The van der Waals surface area contributed by atoms with Gasteiger partial charge in [0.05, 0.1) is 19.8 Å². The van der Waals surface area contributed by atoms with Crippen LogP contribution in [0, 0.1) is 11.8 Å². The Hall–Kier alpha value is -1.96. The van der Waals surface area contributed by atoms with Crippen molar-refractivity contribution < 1.29 is 19.1 Å². The first kappa shape index (κ1) is 19.4. The minimum atomic E-state index is -0.111. The molecule has 152 valence electrons. The van der Waals surface area contributed by atoms with Gasteiger partial charge >= 0.3 is 0 Å². The average molecular weight is 387 g/mol. The number of anilines is 1. The molecule has 0 radical (unpaired) electrons. The van der Waals surface area contributed by atoms with Crippen LogP contribution < -0.4 is 10.6 Å². The van der Waals surface area contributed by atoms with Gasteiger partial charge < -0.3 is 20.1 Å². The Kier molecular flexibility index (Phi) is 6.24. The third-order valence-corrected chi connectivity index (χ3v) is 5.84. The zero-order chi connectivity index (χ0) is 19.3. The van der Waals surface area contributed by atoms with Gasteiger partial charge in [0.25, 0.3) is 5.91 Å². The topological polar surface area (TPSA) is 79.9 Å². The van der Waals surface area contributed by atoms with Gasteiger partial charge in [0.1, 0.15) is 0 Å². The number of benzene rings is 1. The zero-order valence-corrected chi connectivity index (χ0v) is 16.2. The van der Waals surface area contributed by atoms with E-state index in [1.807, 2.05) is 12.1 Å². The molecule has 0 aromatic heterocycles. The molecule has 0 spiro atoms. The summed E-state index contributed by atoms with van der Waals surface area (Å²) in [6.07, 6.45) is 2.94. The van der Waals surface area contributed by atoms with Crippen molar-refractivity contribution in [2.24, 2.45) is 11.8 Å². The molecule has 0 bridgehead atoms. The Bertz CT molecular complexity index is 695. The monoisotopic (exact) mass is 387 g/mol. The molecule has 28 heavy (non-hydrogen) atoms. The van der Waals surface area contributed by atoms with E-state index in [4.69, 9.17) is 9.47 Å². The number of nitrogens with zero attached hydrogens (tertiary/aromatic N) is 1. The molecular weight excluding hydrogens is 358 g/mol. The lowest BCUT2D eigenvalue weighted by atomic mass is 9.96. The summed E-state index contributed by atoms with van der Waals surface area (Å²) in [6, 6.07) is 7.42. The molecule has 1 aromatic rings. The molecule has 2 unspecified atom stereocenters. The fourth-order valence-electron chi connectivity index (χ4n) is 3.99. The van der Waals surface area contributed by atoms with Crippen LogP contribution in [-0.4, -0.2) is 68.8 Å². The number of hydrogen-bond acceptors (Lipinski definition) is 5. The van der Waals surface area contributed by atoms with Crippen LogP contribution in [0.25, 0.3) is 0 Å². The van der Waals surface area contributed by atoms with Crippen LogP contribution >= 0.6 is 0 Å². The summed E-state index contributed by atoms with van der Waals surface area (Å²) in [5, 5.41) is 6.00. The highest BCUT2D eigenvalue weighted by molar-refractivity contribution is 5.98. The first-order chi connectivity index (χ1) is 13.7. The molecule has 7 nitrogen and oxygen atoms in total. The molecule has 7 heteroatoms. The Morgan fingerprint density at radius 1 is 1.11 bits per heavy atom. The molecule has 2 saturated heterocycles. The molecule has 3 aliphatic rings. The van der Waals surface area contributed by atoms with Crippen LogP contribution in [0.4, 0.5) is 5.69 Å². The number of carbonyl (C=O) groups excluding carboxylic acids is 2.